The minimum absolute atomic E-state index is 0.118. The van der Waals surface area contributed by atoms with Crippen LogP contribution in [0.15, 0.2) is 35.5 Å². The summed E-state index contributed by atoms with van der Waals surface area (Å²) in [4.78, 5) is 7.84. The lowest BCUT2D eigenvalue weighted by Gasteiger charge is -2.22. The molecule has 0 fully saturated rings. The van der Waals surface area contributed by atoms with Crippen molar-refractivity contribution >= 4 is 71.7 Å². The molecule has 0 bridgehead atoms. The van der Waals surface area contributed by atoms with E-state index in [1.54, 1.807) is 34.8 Å². The maximum Gasteiger partial charge on any atom is 0.263 e. The van der Waals surface area contributed by atoms with Crippen molar-refractivity contribution in [3.63, 3.8) is 0 Å². The van der Waals surface area contributed by atoms with Crippen molar-refractivity contribution in [3.8, 4) is 39.1 Å². The summed E-state index contributed by atoms with van der Waals surface area (Å²) in [5.74, 6) is 0. The molecular formula is C26H18N4S2Si2. The molecule has 0 saturated heterocycles. The Morgan fingerprint density at radius 1 is 0.765 bits per heavy atom. The monoisotopic (exact) mass is 506 g/mol. The van der Waals surface area contributed by atoms with Crippen molar-refractivity contribution in [3.05, 3.63) is 56.7 Å². The molecule has 0 radical (unpaired) electrons. The number of hydrogen-bond donors (Lipinski definition) is 0. The molecule has 0 unspecified atom stereocenters. The summed E-state index contributed by atoms with van der Waals surface area (Å²) >= 11 is 3.36. The van der Waals surface area contributed by atoms with E-state index in [2.05, 4.69) is 55.3 Å². The maximum atomic E-state index is 9.17. The van der Waals surface area contributed by atoms with Gasteiger partial charge in [-0.3, -0.25) is 0 Å². The molecule has 0 atom stereocenters. The fraction of sp³-hybridized carbons (Fsp3) is 0.154. The first-order chi connectivity index (χ1) is 16.1. The van der Waals surface area contributed by atoms with Crippen LogP contribution in [0.25, 0.3) is 37.9 Å². The first-order valence-electron chi connectivity index (χ1n) is 10.6. The second-order valence-corrected chi connectivity index (χ2v) is 20.3. The second kappa shape index (κ2) is 7.50. The van der Waals surface area contributed by atoms with E-state index in [1.165, 1.54) is 41.6 Å². The van der Waals surface area contributed by atoms with E-state index in [4.69, 9.17) is 17.1 Å². The number of hydrogen-bond acceptors (Lipinski definition) is 5. The van der Waals surface area contributed by atoms with Crippen LogP contribution in [0.4, 0.5) is 0 Å². The van der Waals surface area contributed by atoms with Gasteiger partial charge in [-0.05, 0) is 56.2 Å². The normalized spacial score (nSPS) is 15.6. The number of benzene rings is 1. The quantitative estimate of drug-likeness (QED) is 0.289. The SMILES string of the molecule is [C-]#[N+]/C(C#N)=C/c1cc2c(s1)-c1cc3c(cc1[Si]2(C)C)-c1sc(C=C(C#N)C#N)cc1[Si]3(C)C. The van der Waals surface area contributed by atoms with Gasteiger partial charge in [0.2, 0.25) is 0 Å². The van der Waals surface area contributed by atoms with Gasteiger partial charge in [0.1, 0.15) is 33.9 Å². The summed E-state index contributed by atoms with van der Waals surface area (Å²) in [5.41, 5.74) is 2.89. The Labute approximate surface area is 208 Å². The molecule has 1 aromatic carbocycles. The molecule has 0 saturated carbocycles. The van der Waals surface area contributed by atoms with Crippen LogP contribution in [0.5, 0.6) is 0 Å². The van der Waals surface area contributed by atoms with Gasteiger partial charge in [-0.15, -0.1) is 22.7 Å². The van der Waals surface area contributed by atoms with E-state index in [0.717, 1.165) is 9.75 Å². The van der Waals surface area contributed by atoms with Crippen LogP contribution in [-0.4, -0.2) is 16.1 Å². The van der Waals surface area contributed by atoms with Gasteiger partial charge in [-0.1, -0.05) is 38.3 Å². The Kier molecular flexibility index (Phi) is 4.92. The van der Waals surface area contributed by atoms with Gasteiger partial charge in [-0.25, -0.2) is 10.1 Å². The molecule has 0 spiro atoms. The summed E-state index contributed by atoms with van der Waals surface area (Å²) in [5, 5.41) is 33.1. The van der Waals surface area contributed by atoms with Crippen molar-refractivity contribution in [1.82, 2.24) is 0 Å². The average Bonchev–Trinajstić information content (AvgIpc) is 3.52. The molecule has 4 heterocycles. The molecule has 2 aromatic heterocycles. The predicted molar refractivity (Wildman–Crippen MR) is 146 cm³/mol. The summed E-state index contributed by atoms with van der Waals surface area (Å²) in [6, 6.07) is 15.1. The lowest BCUT2D eigenvalue weighted by Crippen LogP contribution is -2.51. The Balaban J connectivity index is 1.69. The molecule has 3 aromatic rings. The minimum Gasteiger partial charge on any atom is -0.227 e. The lowest BCUT2D eigenvalue weighted by atomic mass is 10.1. The van der Waals surface area contributed by atoms with Gasteiger partial charge >= 0.3 is 0 Å². The maximum absolute atomic E-state index is 9.17. The molecule has 0 aliphatic carbocycles. The number of fused-ring (bicyclic) bond motifs is 6. The van der Waals surface area contributed by atoms with Gasteiger partial charge < -0.3 is 0 Å². The molecule has 8 heteroatoms. The topological polar surface area (TPSA) is 75.7 Å². The summed E-state index contributed by atoms with van der Waals surface area (Å²) in [6.45, 7) is 16.7. The number of nitriles is 3. The number of thiophene rings is 2. The highest BCUT2D eigenvalue weighted by molar-refractivity contribution is 7.23. The van der Waals surface area contributed by atoms with Crippen LogP contribution in [0.3, 0.4) is 0 Å². The predicted octanol–water partition coefficient (Wildman–Crippen LogP) is 4.63. The Hall–Kier alpha value is -3.51. The molecular weight excluding hydrogens is 489 g/mol. The third-order valence-corrected chi connectivity index (χ3v) is 16.5. The van der Waals surface area contributed by atoms with Crippen LogP contribution >= 0.6 is 22.7 Å². The summed E-state index contributed by atoms with van der Waals surface area (Å²) in [7, 11) is -3.86. The summed E-state index contributed by atoms with van der Waals surface area (Å²) < 4.78 is 0. The van der Waals surface area contributed by atoms with Crippen molar-refractivity contribution in [2.24, 2.45) is 0 Å². The van der Waals surface area contributed by atoms with Gasteiger partial charge in [0, 0.05) is 19.5 Å². The highest BCUT2D eigenvalue weighted by Gasteiger charge is 2.45. The van der Waals surface area contributed by atoms with Crippen LogP contribution in [-0.2, 0) is 0 Å². The molecule has 4 nitrogen and oxygen atoms in total. The second-order valence-electron chi connectivity index (χ2n) is 9.51. The molecule has 162 valence electrons. The lowest BCUT2D eigenvalue weighted by molar-refractivity contribution is 1.47. The summed E-state index contributed by atoms with van der Waals surface area (Å²) in [6.07, 6.45) is 3.40. The number of rotatable bonds is 2. The van der Waals surface area contributed by atoms with Crippen LogP contribution < -0.4 is 20.7 Å². The molecule has 5 rings (SSSR count). The zero-order valence-electron chi connectivity index (χ0n) is 19.1. The number of allylic oxidation sites excluding steroid dienone is 2. The fourth-order valence-electron chi connectivity index (χ4n) is 5.05. The Bertz CT molecular complexity index is 1500. The zero-order valence-corrected chi connectivity index (χ0v) is 22.7. The van der Waals surface area contributed by atoms with E-state index < -0.39 is 16.1 Å². The molecule has 0 amide bonds. The van der Waals surface area contributed by atoms with Gasteiger partial charge in [0.25, 0.3) is 5.70 Å². The third kappa shape index (κ3) is 3.02. The highest BCUT2D eigenvalue weighted by atomic mass is 32.1. The molecule has 2 aliphatic rings. The standard InChI is InChI=1S/C26H18N4S2Si2/c1-30-16(14-29)7-18-9-24-26(32-18)20-11-21-19(10-22(20)34(24,4)5)25-23(33(21,2)3)8-17(31-25)6-15(12-27)13-28/h6-11H,2-5H3/b16-7+. The number of nitrogens with zero attached hydrogens (tertiary/aromatic N) is 4. The molecule has 0 N–H and O–H groups in total. The Morgan fingerprint density at radius 3 is 1.65 bits per heavy atom. The van der Waals surface area contributed by atoms with Crippen LogP contribution in [0.2, 0.25) is 26.2 Å². The molecule has 2 aliphatic heterocycles. The van der Waals surface area contributed by atoms with Crippen molar-refractivity contribution in [2.45, 2.75) is 26.2 Å². The van der Waals surface area contributed by atoms with E-state index in [9.17, 15) is 5.26 Å². The minimum atomic E-state index is -1.93. The van der Waals surface area contributed by atoms with E-state index in [0.29, 0.717) is 0 Å². The van der Waals surface area contributed by atoms with Crippen LogP contribution in [0.1, 0.15) is 9.75 Å². The van der Waals surface area contributed by atoms with Gasteiger partial charge in [0.05, 0.1) is 12.6 Å². The first-order valence-corrected chi connectivity index (χ1v) is 18.3. The van der Waals surface area contributed by atoms with Crippen LogP contribution in [0, 0.1) is 40.6 Å². The smallest absolute Gasteiger partial charge is 0.227 e. The Morgan fingerprint density at radius 2 is 1.24 bits per heavy atom. The average molecular weight is 507 g/mol. The molecule has 34 heavy (non-hydrogen) atoms. The van der Waals surface area contributed by atoms with Crippen molar-refractivity contribution in [1.29, 1.82) is 15.8 Å². The van der Waals surface area contributed by atoms with E-state index >= 15 is 0 Å². The van der Waals surface area contributed by atoms with Gasteiger partial charge in [0.15, 0.2) is 0 Å². The third-order valence-electron chi connectivity index (χ3n) is 6.88. The van der Waals surface area contributed by atoms with E-state index in [1.807, 2.05) is 18.2 Å². The van der Waals surface area contributed by atoms with Crippen molar-refractivity contribution in [2.75, 3.05) is 0 Å². The largest absolute Gasteiger partial charge is 0.263 e. The van der Waals surface area contributed by atoms with Crippen molar-refractivity contribution < 1.29 is 0 Å². The zero-order chi connectivity index (χ0) is 24.4. The fourth-order valence-corrected chi connectivity index (χ4v) is 15.1. The highest BCUT2D eigenvalue weighted by Crippen LogP contribution is 2.40. The van der Waals surface area contributed by atoms with E-state index in [-0.39, 0.29) is 11.3 Å². The first kappa shape index (κ1) is 22.3. The van der Waals surface area contributed by atoms with Gasteiger partial charge in [-0.2, -0.15) is 10.5 Å².